The first-order valence-electron chi connectivity index (χ1n) is 4.52. The fourth-order valence-corrected chi connectivity index (χ4v) is 2.81. The number of rotatable bonds is 0. The Morgan fingerprint density at radius 2 is 1.92 bits per heavy atom. The molecule has 0 N–H and O–H groups in total. The topological polar surface area (TPSA) is 3.24 Å². The third-order valence-electron chi connectivity index (χ3n) is 3.06. The molecule has 1 aromatic rings. The first kappa shape index (κ1) is 9.31. The molecule has 1 aliphatic rings. The van der Waals surface area contributed by atoms with Gasteiger partial charge in [0.25, 0.3) is 0 Å². The number of halogens is 1. The molecule has 1 aliphatic heterocycles. The number of benzene rings is 1. The van der Waals surface area contributed by atoms with Crippen LogP contribution in [0.3, 0.4) is 0 Å². The molecule has 0 bridgehead atoms. The predicted octanol–water partition coefficient (Wildman–Crippen LogP) is 3.39. The van der Waals surface area contributed by atoms with E-state index >= 15 is 0 Å². The summed E-state index contributed by atoms with van der Waals surface area (Å²) in [5.41, 5.74) is 3.09. The summed E-state index contributed by atoms with van der Waals surface area (Å²) >= 11 is 2.54. The Morgan fingerprint density at radius 3 is 2.54 bits per heavy atom. The highest BCUT2D eigenvalue weighted by atomic mass is 127. The maximum absolute atomic E-state index is 2.54. The molecule has 0 saturated carbocycles. The Morgan fingerprint density at radius 1 is 1.31 bits per heavy atom. The lowest BCUT2D eigenvalue weighted by atomic mass is 10.00. The van der Waals surface area contributed by atoms with Crippen LogP contribution in [0.5, 0.6) is 0 Å². The first-order valence-corrected chi connectivity index (χ1v) is 5.76. The Bertz CT molecular complexity index is 302. The van der Waals surface area contributed by atoms with Crippen molar-refractivity contribution in [2.45, 2.75) is 23.3 Å². The van der Waals surface area contributed by atoms with E-state index in [4.69, 9.17) is 0 Å². The molecule has 1 nitrogen and oxygen atoms in total. The van der Waals surface area contributed by atoms with Crippen molar-refractivity contribution in [2.24, 2.45) is 0 Å². The van der Waals surface area contributed by atoms with Crippen LogP contribution in [0, 0.1) is 0 Å². The molecule has 2 rings (SSSR count). The summed E-state index contributed by atoms with van der Waals surface area (Å²) in [6, 6.07) is 8.67. The molecule has 1 heterocycles. The van der Waals surface area contributed by atoms with E-state index in [1.165, 1.54) is 11.3 Å². The molecule has 2 heteroatoms. The van der Waals surface area contributed by atoms with Crippen LogP contribution in [-0.4, -0.2) is 12.6 Å². The van der Waals surface area contributed by atoms with E-state index in [0.29, 0.717) is 3.92 Å². The number of alkyl halides is 1. The average Bonchev–Trinajstić information content (AvgIpc) is 2.30. The second kappa shape index (κ2) is 2.87. The molecule has 0 amide bonds. The summed E-state index contributed by atoms with van der Waals surface area (Å²) in [5, 5.41) is 0. The number of hydrogen-bond acceptors (Lipinski definition) is 1. The maximum Gasteiger partial charge on any atom is 0.0606 e. The van der Waals surface area contributed by atoms with Crippen LogP contribution in [0.15, 0.2) is 24.3 Å². The van der Waals surface area contributed by atoms with Gasteiger partial charge in [0.05, 0.1) is 9.46 Å². The van der Waals surface area contributed by atoms with E-state index in [1.54, 1.807) is 0 Å². The first-order chi connectivity index (χ1) is 6.05. The number of para-hydroxylation sites is 1. The fraction of sp³-hybridized carbons (Fsp3) is 0.455. The number of hydrogen-bond donors (Lipinski definition) is 0. The van der Waals surface area contributed by atoms with Gasteiger partial charge in [0.2, 0.25) is 0 Å². The van der Waals surface area contributed by atoms with Gasteiger partial charge in [-0.3, -0.25) is 0 Å². The maximum atomic E-state index is 2.54. The third-order valence-corrected chi connectivity index (χ3v) is 5.25. The molecule has 1 atom stereocenters. The van der Waals surface area contributed by atoms with Gasteiger partial charge < -0.3 is 4.90 Å². The van der Waals surface area contributed by atoms with Crippen LogP contribution in [0.1, 0.15) is 23.3 Å². The largest absolute Gasteiger partial charge is 0.368 e. The van der Waals surface area contributed by atoms with Gasteiger partial charge in [-0.2, -0.15) is 0 Å². The lowest BCUT2D eigenvalue weighted by molar-refractivity contribution is 0.519. The average molecular weight is 287 g/mol. The minimum absolute atomic E-state index is 0.240. The molecular weight excluding hydrogens is 273 g/mol. The molecule has 0 spiro atoms. The number of nitrogens with zero attached hydrogens (tertiary/aromatic N) is 1. The highest BCUT2D eigenvalue weighted by Crippen LogP contribution is 2.49. The van der Waals surface area contributed by atoms with Crippen molar-refractivity contribution in [1.82, 2.24) is 0 Å². The minimum atomic E-state index is 0.240. The molecule has 0 fully saturated rings. The van der Waals surface area contributed by atoms with E-state index in [0.717, 1.165) is 0 Å². The highest BCUT2D eigenvalue weighted by Gasteiger charge is 2.40. The van der Waals surface area contributed by atoms with E-state index in [1.807, 2.05) is 0 Å². The zero-order valence-corrected chi connectivity index (χ0v) is 10.4. The zero-order chi connectivity index (χ0) is 9.64. The van der Waals surface area contributed by atoms with Gasteiger partial charge in [0, 0.05) is 12.7 Å². The Hall–Kier alpha value is -0.250. The van der Waals surface area contributed by atoms with Crippen LogP contribution in [0.2, 0.25) is 0 Å². The highest BCUT2D eigenvalue weighted by molar-refractivity contribution is 14.1. The van der Waals surface area contributed by atoms with Crippen LogP contribution in [-0.2, 0) is 0 Å². The quantitative estimate of drug-likeness (QED) is 0.522. The zero-order valence-electron chi connectivity index (χ0n) is 8.21. The monoisotopic (exact) mass is 287 g/mol. The summed E-state index contributed by atoms with van der Waals surface area (Å²) in [6.07, 6.45) is 0. The van der Waals surface area contributed by atoms with E-state index in [2.05, 4.69) is 72.7 Å². The third kappa shape index (κ3) is 1.18. The van der Waals surface area contributed by atoms with Crippen LogP contribution in [0.4, 0.5) is 5.69 Å². The van der Waals surface area contributed by atoms with E-state index < -0.39 is 0 Å². The standard InChI is InChI=1S/C11H14IN/c1-11(2)10(12)8-6-4-5-7-9(8)13(11)3/h4-7,10H,1-3H3. The lowest BCUT2D eigenvalue weighted by Gasteiger charge is -2.32. The molecule has 1 aromatic carbocycles. The summed E-state index contributed by atoms with van der Waals surface area (Å²) < 4.78 is 0.589. The summed E-state index contributed by atoms with van der Waals surface area (Å²) in [5.74, 6) is 0. The van der Waals surface area contributed by atoms with Crippen LogP contribution < -0.4 is 4.90 Å². The summed E-state index contributed by atoms with van der Waals surface area (Å²) in [4.78, 5) is 2.37. The Labute approximate surface area is 93.3 Å². The molecular formula is C11H14IN. The SMILES string of the molecule is CN1c2ccccc2C(I)C1(C)C. The smallest absolute Gasteiger partial charge is 0.0606 e. The number of fused-ring (bicyclic) bond motifs is 1. The van der Waals surface area contributed by atoms with Gasteiger partial charge in [-0.15, -0.1) is 0 Å². The van der Waals surface area contributed by atoms with Gasteiger partial charge in [-0.25, -0.2) is 0 Å². The van der Waals surface area contributed by atoms with Gasteiger partial charge in [-0.05, 0) is 25.5 Å². The lowest BCUT2D eigenvalue weighted by Crippen LogP contribution is -2.38. The summed E-state index contributed by atoms with van der Waals surface area (Å²) in [7, 11) is 2.18. The van der Waals surface area contributed by atoms with Crippen molar-refractivity contribution < 1.29 is 0 Å². The number of anilines is 1. The molecule has 0 saturated heterocycles. The second-order valence-corrected chi connectivity index (χ2v) is 5.38. The Balaban J connectivity index is 2.57. The predicted molar refractivity (Wildman–Crippen MR) is 65.7 cm³/mol. The van der Waals surface area contributed by atoms with Gasteiger partial charge in [0.15, 0.2) is 0 Å². The van der Waals surface area contributed by atoms with Crippen molar-refractivity contribution in [2.75, 3.05) is 11.9 Å². The van der Waals surface area contributed by atoms with E-state index in [9.17, 15) is 0 Å². The van der Waals surface area contributed by atoms with Gasteiger partial charge >= 0.3 is 0 Å². The normalized spacial score (nSPS) is 24.6. The molecule has 1 unspecified atom stereocenters. The minimum Gasteiger partial charge on any atom is -0.368 e. The van der Waals surface area contributed by atoms with Crippen LogP contribution in [0.25, 0.3) is 0 Å². The van der Waals surface area contributed by atoms with Crippen molar-refractivity contribution in [1.29, 1.82) is 0 Å². The van der Waals surface area contributed by atoms with Gasteiger partial charge in [-0.1, -0.05) is 40.8 Å². The molecule has 13 heavy (non-hydrogen) atoms. The molecule has 0 radical (unpaired) electrons. The molecule has 0 aliphatic carbocycles. The van der Waals surface area contributed by atoms with Crippen molar-refractivity contribution >= 4 is 28.3 Å². The van der Waals surface area contributed by atoms with Crippen LogP contribution >= 0.6 is 22.6 Å². The molecule has 70 valence electrons. The summed E-state index contributed by atoms with van der Waals surface area (Å²) in [6.45, 7) is 4.59. The second-order valence-electron chi connectivity index (χ2n) is 4.13. The van der Waals surface area contributed by atoms with Gasteiger partial charge in [0.1, 0.15) is 0 Å². The fourth-order valence-electron chi connectivity index (χ4n) is 1.87. The van der Waals surface area contributed by atoms with Crippen molar-refractivity contribution in [3.8, 4) is 0 Å². The van der Waals surface area contributed by atoms with Crippen molar-refractivity contribution in [3.05, 3.63) is 29.8 Å². The van der Waals surface area contributed by atoms with Crippen molar-refractivity contribution in [3.63, 3.8) is 0 Å². The molecule has 0 aromatic heterocycles. The number of likely N-dealkylation sites (N-methyl/N-ethyl adjacent to an activating group) is 1. The van der Waals surface area contributed by atoms with E-state index in [-0.39, 0.29) is 5.54 Å². The Kier molecular flexibility index (Phi) is 2.06.